The minimum Gasteiger partial charge on any atom is -0.346 e. The van der Waals surface area contributed by atoms with E-state index >= 15 is 0 Å². The Hall–Kier alpha value is -2.90. The largest absolute Gasteiger partial charge is 0.346 e. The summed E-state index contributed by atoms with van der Waals surface area (Å²) >= 11 is 3.39. The Bertz CT molecular complexity index is 1100. The van der Waals surface area contributed by atoms with Crippen LogP contribution < -0.4 is 5.32 Å². The second kappa shape index (κ2) is 9.28. The van der Waals surface area contributed by atoms with Crippen molar-refractivity contribution in [2.24, 2.45) is 0 Å². The van der Waals surface area contributed by atoms with Gasteiger partial charge >= 0.3 is 0 Å². The molecule has 5 nitrogen and oxygen atoms in total. The van der Waals surface area contributed by atoms with Crippen molar-refractivity contribution in [3.63, 3.8) is 0 Å². The number of benzene rings is 2. The van der Waals surface area contributed by atoms with Crippen LogP contribution in [0.5, 0.6) is 0 Å². The number of carbonyl (C=O) groups excluding carboxylic acids is 1. The number of nitrogens with one attached hydrogen (secondary N) is 1. The summed E-state index contributed by atoms with van der Waals surface area (Å²) in [7, 11) is 0. The van der Waals surface area contributed by atoms with Crippen LogP contribution in [0.25, 0.3) is 5.69 Å². The van der Waals surface area contributed by atoms with Gasteiger partial charge in [0.05, 0.1) is 23.1 Å². The Morgan fingerprint density at radius 2 is 1.93 bits per heavy atom. The number of aryl methyl sites for hydroxylation is 1. The molecular weight excluding hydrogens is 412 g/mol. The van der Waals surface area contributed by atoms with Crippen LogP contribution in [0, 0.1) is 6.92 Å². The van der Waals surface area contributed by atoms with Crippen molar-refractivity contribution in [3.8, 4) is 5.69 Å². The highest BCUT2D eigenvalue weighted by molar-refractivity contribution is 7.98. The molecule has 0 aliphatic heterocycles. The third-order valence-corrected chi connectivity index (χ3v) is 6.58. The summed E-state index contributed by atoms with van der Waals surface area (Å²) in [5.74, 6) is 0.759. The molecule has 0 saturated carbocycles. The van der Waals surface area contributed by atoms with Gasteiger partial charge < -0.3 is 9.88 Å². The molecule has 1 amide bonds. The fraction of sp³-hybridized carbons (Fsp3) is 0.174. The molecule has 0 spiro atoms. The first-order valence-electron chi connectivity index (χ1n) is 9.61. The van der Waals surface area contributed by atoms with E-state index in [1.807, 2.05) is 73.1 Å². The van der Waals surface area contributed by atoms with E-state index in [0.29, 0.717) is 5.56 Å². The van der Waals surface area contributed by atoms with Crippen molar-refractivity contribution in [1.29, 1.82) is 0 Å². The van der Waals surface area contributed by atoms with Crippen molar-refractivity contribution in [2.75, 3.05) is 0 Å². The Balaban J connectivity index is 1.33. The van der Waals surface area contributed by atoms with Crippen molar-refractivity contribution in [1.82, 2.24) is 19.9 Å². The Morgan fingerprint density at radius 1 is 1.17 bits per heavy atom. The molecule has 2 aromatic carbocycles. The lowest BCUT2D eigenvalue weighted by atomic mass is 10.1. The molecule has 0 bridgehead atoms. The summed E-state index contributed by atoms with van der Waals surface area (Å²) < 4.78 is 1.95. The molecule has 2 aromatic heterocycles. The molecule has 0 radical (unpaired) electrons. The zero-order chi connectivity index (χ0) is 20.9. The SMILES string of the molecule is Cc1nc(CSc2ccc(C(=O)NC(C)c3ccc(-n4ccnc4)cc3)cc2)cs1. The van der Waals surface area contributed by atoms with E-state index < -0.39 is 0 Å². The first kappa shape index (κ1) is 20.4. The van der Waals surface area contributed by atoms with E-state index in [4.69, 9.17) is 0 Å². The standard InChI is InChI=1S/C23H22N4OS2/c1-16(18-3-7-21(8-4-18)27-12-11-24-15-27)25-23(28)19-5-9-22(10-6-19)30-14-20-13-29-17(2)26-20/h3-13,15-16H,14H2,1-2H3,(H,25,28). The fourth-order valence-corrected chi connectivity index (χ4v) is 4.55. The molecule has 4 aromatic rings. The zero-order valence-corrected chi connectivity index (χ0v) is 18.4. The van der Waals surface area contributed by atoms with Gasteiger partial charge in [-0.3, -0.25) is 4.79 Å². The molecule has 1 N–H and O–H groups in total. The van der Waals surface area contributed by atoms with E-state index in [0.717, 1.165) is 32.6 Å². The number of hydrogen-bond acceptors (Lipinski definition) is 5. The highest BCUT2D eigenvalue weighted by atomic mass is 32.2. The Morgan fingerprint density at radius 3 is 2.57 bits per heavy atom. The summed E-state index contributed by atoms with van der Waals surface area (Å²) in [6.45, 7) is 4.01. The molecule has 4 rings (SSSR count). The van der Waals surface area contributed by atoms with Gasteiger partial charge in [0.1, 0.15) is 0 Å². The highest BCUT2D eigenvalue weighted by Gasteiger charge is 2.12. The topological polar surface area (TPSA) is 59.8 Å². The number of thiazole rings is 1. The average Bonchev–Trinajstić information content (AvgIpc) is 3.44. The average molecular weight is 435 g/mol. The molecule has 0 saturated heterocycles. The number of carbonyl (C=O) groups is 1. The van der Waals surface area contributed by atoms with E-state index in [-0.39, 0.29) is 11.9 Å². The van der Waals surface area contributed by atoms with Gasteiger partial charge in [-0.25, -0.2) is 9.97 Å². The van der Waals surface area contributed by atoms with Crippen LogP contribution in [0.1, 0.15) is 39.6 Å². The maximum Gasteiger partial charge on any atom is 0.251 e. The van der Waals surface area contributed by atoms with Gasteiger partial charge in [0, 0.05) is 39.7 Å². The maximum absolute atomic E-state index is 12.6. The second-order valence-corrected chi connectivity index (χ2v) is 9.04. The Labute approximate surface area is 184 Å². The monoisotopic (exact) mass is 434 g/mol. The Kier molecular flexibility index (Phi) is 6.30. The van der Waals surface area contributed by atoms with Crippen LogP contribution in [-0.4, -0.2) is 20.4 Å². The van der Waals surface area contributed by atoms with Crippen LogP contribution in [0.4, 0.5) is 0 Å². The van der Waals surface area contributed by atoms with Gasteiger partial charge in [-0.15, -0.1) is 23.1 Å². The highest BCUT2D eigenvalue weighted by Crippen LogP contribution is 2.24. The van der Waals surface area contributed by atoms with Crippen LogP contribution in [-0.2, 0) is 5.75 Å². The third kappa shape index (κ3) is 4.98. The molecule has 0 aliphatic rings. The zero-order valence-electron chi connectivity index (χ0n) is 16.8. The summed E-state index contributed by atoms with van der Waals surface area (Å²) in [5, 5.41) is 6.25. The van der Waals surface area contributed by atoms with Crippen molar-refractivity contribution >= 4 is 29.0 Å². The first-order valence-corrected chi connectivity index (χ1v) is 11.5. The lowest BCUT2D eigenvalue weighted by Crippen LogP contribution is -2.26. The summed E-state index contributed by atoms with van der Waals surface area (Å²) in [4.78, 5) is 22.3. The number of aromatic nitrogens is 3. The third-order valence-electron chi connectivity index (χ3n) is 4.71. The molecule has 1 unspecified atom stereocenters. The van der Waals surface area contributed by atoms with Crippen molar-refractivity contribution < 1.29 is 4.79 Å². The maximum atomic E-state index is 12.6. The number of nitrogens with zero attached hydrogens (tertiary/aromatic N) is 3. The lowest BCUT2D eigenvalue weighted by Gasteiger charge is -2.15. The normalized spacial score (nSPS) is 11.9. The summed E-state index contributed by atoms with van der Waals surface area (Å²) in [5.41, 5.74) is 3.84. The molecule has 0 aliphatic carbocycles. The van der Waals surface area contributed by atoms with Gasteiger partial charge in [0.25, 0.3) is 5.91 Å². The van der Waals surface area contributed by atoms with Crippen LogP contribution in [0.15, 0.2) is 77.5 Å². The number of thioether (sulfide) groups is 1. The second-order valence-electron chi connectivity index (χ2n) is 6.93. The molecule has 152 valence electrons. The van der Waals surface area contributed by atoms with Crippen LogP contribution >= 0.6 is 23.1 Å². The number of rotatable bonds is 7. The molecule has 0 fully saturated rings. The van der Waals surface area contributed by atoms with E-state index in [1.54, 1.807) is 35.6 Å². The van der Waals surface area contributed by atoms with E-state index in [9.17, 15) is 4.79 Å². The van der Waals surface area contributed by atoms with Crippen molar-refractivity contribution in [2.45, 2.75) is 30.5 Å². The minimum atomic E-state index is -0.0868. The van der Waals surface area contributed by atoms with Gasteiger partial charge in [0.15, 0.2) is 0 Å². The summed E-state index contributed by atoms with van der Waals surface area (Å²) in [6.07, 6.45) is 5.42. The van der Waals surface area contributed by atoms with Gasteiger partial charge in [-0.05, 0) is 55.8 Å². The number of hydrogen-bond donors (Lipinski definition) is 1. The smallest absolute Gasteiger partial charge is 0.251 e. The molecule has 30 heavy (non-hydrogen) atoms. The number of imidazole rings is 1. The summed E-state index contributed by atoms with van der Waals surface area (Å²) in [6, 6.07) is 15.7. The lowest BCUT2D eigenvalue weighted by molar-refractivity contribution is 0.0940. The van der Waals surface area contributed by atoms with E-state index in [2.05, 4.69) is 20.7 Å². The molecule has 1 atom stereocenters. The van der Waals surface area contributed by atoms with Crippen molar-refractivity contribution in [3.05, 3.63) is 94.5 Å². The van der Waals surface area contributed by atoms with Crippen LogP contribution in [0.2, 0.25) is 0 Å². The molecule has 7 heteroatoms. The van der Waals surface area contributed by atoms with Gasteiger partial charge in [0.2, 0.25) is 0 Å². The molecular formula is C23H22N4OS2. The van der Waals surface area contributed by atoms with Gasteiger partial charge in [-0.1, -0.05) is 12.1 Å². The fourth-order valence-electron chi connectivity index (χ4n) is 3.04. The first-order chi connectivity index (χ1) is 14.6. The quantitative estimate of drug-likeness (QED) is 0.395. The predicted octanol–water partition coefficient (Wildman–Crippen LogP) is 5.42. The van der Waals surface area contributed by atoms with E-state index in [1.165, 1.54) is 0 Å². The molecule has 2 heterocycles. The van der Waals surface area contributed by atoms with Gasteiger partial charge in [-0.2, -0.15) is 0 Å². The number of amides is 1. The predicted molar refractivity (Wildman–Crippen MR) is 122 cm³/mol. The van der Waals surface area contributed by atoms with Crippen LogP contribution in [0.3, 0.4) is 0 Å². The minimum absolute atomic E-state index is 0.0761.